The van der Waals surface area contributed by atoms with E-state index in [4.69, 9.17) is 13.9 Å². The summed E-state index contributed by atoms with van der Waals surface area (Å²) in [4.78, 5) is 4.05. The molecule has 0 bridgehead atoms. The van der Waals surface area contributed by atoms with Crippen molar-refractivity contribution in [2.24, 2.45) is 0 Å². The van der Waals surface area contributed by atoms with Crippen molar-refractivity contribution in [3.8, 4) is 54.6 Å². The first-order chi connectivity index (χ1) is 30.1. The summed E-state index contributed by atoms with van der Waals surface area (Å²) in [6.07, 6.45) is 32.5. The summed E-state index contributed by atoms with van der Waals surface area (Å²) in [5.74, 6) is 2.63. The lowest BCUT2D eigenvalue weighted by Gasteiger charge is -2.17. The SMILES string of the molecule is CCCCCCCCOc1cc(-c2sc(-c3cc(CCCCCCCC)cs3)cc2CCCCCCCC)c(OCCCCCCCC)cc1-c1nnc(-c2ccccc2)o1. The zero-order valence-corrected chi connectivity index (χ0v) is 40.1. The molecule has 2 aromatic carbocycles. The molecule has 0 aliphatic rings. The summed E-state index contributed by atoms with van der Waals surface area (Å²) in [7, 11) is 0. The van der Waals surface area contributed by atoms with Gasteiger partial charge in [0.05, 0.1) is 18.8 Å². The van der Waals surface area contributed by atoms with Crippen LogP contribution in [0.5, 0.6) is 11.5 Å². The van der Waals surface area contributed by atoms with Crippen LogP contribution in [0.3, 0.4) is 0 Å². The van der Waals surface area contributed by atoms with Crippen LogP contribution in [-0.4, -0.2) is 23.4 Å². The Morgan fingerprint density at radius 1 is 0.492 bits per heavy atom. The zero-order chi connectivity index (χ0) is 42.7. The fourth-order valence-corrected chi connectivity index (χ4v) is 10.4. The maximum atomic E-state index is 6.87. The van der Waals surface area contributed by atoms with Crippen molar-refractivity contribution in [3.63, 3.8) is 0 Å². The topological polar surface area (TPSA) is 57.4 Å². The molecule has 0 atom stereocenters. The van der Waals surface area contributed by atoms with Gasteiger partial charge in [-0.1, -0.05) is 174 Å². The fourth-order valence-electron chi connectivity index (χ4n) is 8.11. The minimum atomic E-state index is 0.461. The lowest BCUT2D eigenvalue weighted by Crippen LogP contribution is -2.03. The monoisotopic (exact) mass is 867 g/mol. The highest BCUT2D eigenvalue weighted by atomic mass is 32.1. The Bertz CT molecular complexity index is 1890. The molecular formula is C54H78N2O3S2. The van der Waals surface area contributed by atoms with Crippen molar-refractivity contribution in [3.05, 3.63) is 71.1 Å². The molecule has 334 valence electrons. The molecule has 0 aliphatic heterocycles. The van der Waals surface area contributed by atoms with E-state index in [9.17, 15) is 0 Å². The summed E-state index contributed by atoms with van der Waals surface area (Å²) in [6.45, 7) is 10.5. The van der Waals surface area contributed by atoms with E-state index in [1.807, 2.05) is 53.0 Å². The molecule has 0 aliphatic carbocycles. The molecule has 5 aromatic rings. The molecule has 5 nitrogen and oxygen atoms in total. The smallest absolute Gasteiger partial charge is 0.252 e. The second-order valence-corrected chi connectivity index (χ2v) is 19.1. The predicted molar refractivity (Wildman–Crippen MR) is 264 cm³/mol. The maximum Gasteiger partial charge on any atom is 0.252 e. The number of aromatic nitrogens is 2. The Kier molecular flexibility index (Phi) is 23.1. The van der Waals surface area contributed by atoms with Crippen LogP contribution in [0.15, 0.2) is 64.4 Å². The van der Waals surface area contributed by atoms with Crippen LogP contribution in [0.25, 0.3) is 43.1 Å². The van der Waals surface area contributed by atoms with Gasteiger partial charge in [0.1, 0.15) is 11.5 Å². The summed E-state index contributed by atoms with van der Waals surface area (Å²) in [5, 5.41) is 11.5. The van der Waals surface area contributed by atoms with E-state index in [0.29, 0.717) is 25.0 Å². The Morgan fingerprint density at radius 2 is 1.00 bits per heavy atom. The van der Waals surface area contributed by atoms with E-state index in [1.165, 1.54) is 173 Å². The van der Waals surface area contributed by atoms with Crippen LogP contribution in [0.2, 0.25) is 0 Å². The van der Waals surface area contributed by atoms with Gasteiger partial charge in [-0.15, -0.1) is 32.9 Å². The van der Waals surface area contributed by atoms with Crippen molar-refractivity contribution in [1.29, 1.82) is 0 Å². The van der Waals surface area contributed by atoms with Crippen molar-refractivity contribution in [2.75, 3.05) is 13.2 Å². The highest BCUT2D eigenvalue weighted by Crippen LogP contribution is 2.48. The van der Waals surface area contributed by atoms with Crippen LogP contribution >= 0.6 is 22.7 Å². The van der Waals surface area contributed by atoms with E-state index in [2.05, 4.69) is 67.5 Å². The summed E-state index contributed by atoms with van der Waals surface area (Å²) in [5.41, 5.74) is 5.73. The lowest BCUT2D eigenvalue weighted by atomic mass is 10.00. The number of nitrogens with zero attached hydrogens (tertiary/aromatic N) is 2. The molecule has 3 aromatic heterocycles. The van der Waals surface area contributed by atoms with Gasteiger partial charge in [0.25, 0.3) is 5.89 Å². The van der Waals surface area contributed by atoms with Crippen molar-refractivity contribution in [2.45, 2.75) is 195 Å². The van der Waals surface area contributed by atoms with E-state index in [1.54, 1.807) is 0 Å². The van der Waals surface area contributed by atoms with Gasteiger partial charge >= 0.3 is 0 Å². The van der Waals surface area contributed by atoms with Crippen molar-refractivity contribution >= 4 is 22.7 Å². The number of thiophene rings is 2. The van der Waals surface area contributed by atoms with Crippen LogP contribution in [0.1, 0.15) is 193 Å². The third-order valence-electron chi connectivity index (χ3n) is 11.8. The molecule has 0 saturated carbocycles. The molecule has 0 fully saturated rings. The first-order valence-electron chi connectivity index (χ1n) is 24.7. The average molecular weight is 867 g/mol. The minimum absolute atomic E-state index is 0.461. The molecular weight excluding hydrogens is 789 g/mol. The summed E-state index contributed by atoms with van der Waals surface area (Å²) < 4.78 is 20.1. The first kappa shape index (κ1) is 48.6. The fraction of sp³-hybridized carbons (Fsp3) is 0.593. The molecule has 0 amide bonds. The Hall–Kier alpha value is -3.42. The van der Waals surface area contributed by atoms with Crippen LogP contribution < -0.4 is 9.47 Å². The molecule has 61 heavy (non-hydrogen) atoms. The number of hydrogen-bond donors (Lipinski definition) is 0. The van der Waals surface area contributed by atoms with Gasteiger partial charge in [-0.2, -0.15) is 0 Å². The quantitative estimate of drug-likeness (QED) is 0.0386. The van der Waals surface area contributed by atoms with Crippen LogP contribution in [-0.2, 0) is 12.8 Å². The summed E-state index contributed by atoms with van der Waals surface area (Å²) >= 11 is 3.84. The standard InChI is InChI=1S/C54H78N2O3S2/c1-5-9-13-17-21-26-32-43-38-50(60-42-43)51-39-45(35-27-22-18-14-10-6-2)52(61-51)46-40-49(58-37-31-24-20-16-12-8-4)47(41-48(46)57-36-30-23-19-15-11-7-3)54-56-55-53(59-54)44-33-28-25-29-34-44/h25,28-29,33-34,38-42H,5-24,26-27,30-32,35-37H2,1-4H3. The molecule has 7 heteroatoms. The van der Waals surface area contributed by atoms with Gasteiger partial charge in [-0.3, -0.25) is 0 Å². The molecule has 0 unspecified atom stereocenters. The van der Waals surface area contributed by atoms with E-state index < -0.39 is 0 Å². The highest BCUT2D eigenvalue weighted by molar-refractivity contribution is 7.23. The number of unbranched alkanes of at least 4 members (excludes halogenated alkanes) is 20. The van der Waals surface area contributed by atoms with Gasteiger partial charge in [-0.05, 0) is 91.4 Å². The number of rotatable bonds is 34. The second-order valence-electron chi connectivity index (χ2n) is 17.2. The number of hydrogen-bond acceptors (Lipinski definition) is 7. The first-order valence-corrected chi connectivity index (χ1v) is 26.4. The van der Waals surface area contributed by atoms with E-state index in [0.717, 1.165) is 47.5 Å². The average Bonchev–Trinajstić information content (AvgIpc) is 4.07. The normalized spacial score (nSPS) is 11.5. The molecule has 0 saturated heterocycles. The van der Waals surface area contributed by atoms with E-state index >= 15 is 0 Å². The Morgan fingerprint density at radius 3 is 1.61 bits per heavy atom. The molecule has 5 rings (SSSR count). The minimum Gasteiger partial charge on any atom is -0.493 e. The molecule has 0 spiro atoms. The highest BCUT2D eigenvalue weighted by Gasteiger charge is 2.24. The second kappa shape index (κ2) is 29.0. The third kappa shape index (κ3) is 16.7. The van der Waals surface area contributed by atoms with Gasteiger partial charge in [0, 0.05) is 25.8 Å². The van der Waals surface area contributed by atoms with Gasteiger partial charge < -0.3 is 13.9 Å². The van der Waals surface area contributed by atoms with Gasteiger partial charge in [0.2, 0.25) is 5.89 Å². The van der Waals surface area contributed by atoms with Crippen LogP contribution in [0.4, 0.5) is 0 Å². The van der Waals surface area contributed by atoms with E-state index in [-0.39, 0.29) is 0 Å². The zero-order valence-electron chi connectivity index (χ0n) is 38.5. The molecule has 0 N–H and O–H groups in total. The lowest BCUT2D eigenvalue weighted by molar-refractivity contribution is 0.297. The maximum absolute atomic E-state index is 6.87. The molecule has 0 radical (unpaired) electrons. The summed E-state index contributed by atoms with van der Waals surface area (Å²) in [6, 6.07) is 19.4. The third-order valence-corrected chi connectivity index (χ3v) is 14.2. The van der Waals surface area contributed by atoms with Gasteiger partial charge in [0.15, 0.2) is 0 Å². The van der Waals surface area contributed by atoms with Crippen molar-refractivity contribution in [1.82, 2.24) is 10.2 Å². The van der Waals surface area contributed by atoms with Crippen molar-refractivity contribution < 1.29 is 13.9 Å². The number of aryl methyl sites for hydroxylation is 2. The number of ether oxygens (including phenoxy) is 2. The number of benzene rings is 2. The van der Waals surface area contributed by atoms with Gasteiger partial charge in [-0.25, -0.2) is 0 Å². The van der Waals surface area contributed by atoms with Crippen LogP contribution in [0, 0.1) is 0 Å². The Balaban J connectivity index is 1.50. The predicted octanol–water partition coefficient (Wildman–Crippen LogP) is 18.1. The largest absolute Gasteiger partial charge is 0.493 e. The Labute approximate surface area is 378 Å². The molecule has 3 heterocycles.